The van der Waals surface area contributed by atoms with Crippen LogP contribution in [0.1, 0.15) is 31.9 Å². The molecular weight excluding hydrogens is 146 g/mol. The molecule has 0 spiro atoms. The lowest BCUT2D eigenvalue weighted by Gasteiger charge is -2.02. The first-order valence-corrected chi connectivity index (χ1v) is 4.82. The Morgan fingerprint density at radius 1 is 1.08 bits per heavy atom. The quantitative estimate of drug-likeness (QED) is 0.602. The number of nitrogens with zero attached hydrogens (tertiary/aromatic N) is 1. The molecule has 0 radical (unpaired) electrons. The molecule has 0 N–H and O–H groups in total. The van der Waals surface area contributed by atoms with Crippen LogP contribution in [0.3, 0.4) is 0 Å². The summed E-state index contributed by atoms with van der Waals surface area (Å²) in [5, 5.41) is 0. The third-order valence-corrected chi connectivity index (χ3v) is 2.33. The fourth-order valence-electron chi connectivity index (χ4n) is 1.48. The highest BCUT2D eigenvalue weighted by molar-refractivity contribution is 5.20. The molecule has 0 unspecified atom stereocenters. The van der Waals surface area contributed by atoms with E-state index in [2.05, 4.69) is 43.8 Å². The normalized spacial score (nSPS) is 10.2. The number of hydrogen-bond donors (Lipinski definition) is 0. The van der Waals surface area contributed by atoms with Crippen LogP contribution in [0, 0.1) is 0 Å². The second kappa shape index (κ2) is 4.24. The lowest BCUT2D eigenvalue weighted by atomic mass is 10.1. The van der Waals surface area contributed by atoms with Crippen molar-refractivity contribution < 1.29 is 4.57 Å². The molecule has 0 saturated heterocycles. The topological polar surface area (TPSA) is 3.88 Å². The van der Waals surface area contributed by atoms with Crippen molar-refractivity contribution in [1.29, 1.82) is 0 Å². The molecule has 0 aliphatic carbocycles. The van der Waals surface area contributed by atoms with Gasteiger partial charge in [-0.15, -0.1) is 0 Å². The van der Waals surface area contributed by atoms with Gasteiger partial charge in [0, 0.05) is 11.6 Å². The average molecular weight is 164 g/mol. The smallest absolute Gasteiger partial charge is 0.172 e. The Labute approximate surface area is 75.1 Å². The first-order valence-electron chi connectivity index (χ1n) is 4.82. The first kappa shape index (κ1) is 9.24. The zero-order valence-electron chi connectivity index (χ0n) is 8.30. The molecule has 0 fully saturated rings. The molecule has 0 amide bonds. The van der Waals surface area contributed by atoms with Gasteiger partial charge in [-0.2, -0.15) is 0 Å². The molecule has 0 aromatic carbocycles. The predicted octanol–water partition coefficient (Wildman–Crippen LogP) is 2.12. The maximum atomic E-state index is 2.26. The van der Waals surface area contributed by atoms with Crippen LogP contribution in [-0.4, -0.2) is 0 Å². The Hall–Kier alpha value is -0.850. The zero-order chi connectivity index (χ0) is 8.97. The van der Waals surface area contributed by atoms with Gasteiger partial charge in [-0.3, -0.25) is 0 Å². The number of aromatic nitrogens is 1. The molecule has 1 nitrogen and oxygen atoms in total. The summed E-state index contributed by atoms with van der Waals surface area (Å²) >= 11 is 0. The standard InChI is InChI=1S/C11H18N/c1-4-10-7-8-12(6-3)9-11(10)5-2/h7-9H,4-6H2,1-3H3/q+1. The predicted molar refractivity (Wildman–Crippen MR) is 51.1 cm³/mol. The van der Waals surface area contributed by atoms with Crippen LogP contribution in [0.5, 0.6) is 0 Å². The van der Waals surface area contributed by atoms with E-state index in [-0.39, 0.29) is 0 Å². The Kier molecular flexibility index (Phi) is 3.27. The summed E-state index contributed by atoms with van der Waals surface area (Å²) < 4.78 is 2.23. The van der Waals surface area contributed by atoms with E-state index in [1.165, 1.54) is 11.1 Å². The van der Waals surface area contributed by atoms with E-state index in [1.54, 1.807) is 0 Å². The van der Waals surface area contributed by atoms with E-state index >= 15 is 0 Å². The van der Waals surface area contributed by atoms with Gasteiger partial charge in [0.15, 0.2) is 12.4 Å². The van der Waals surface area contributed by atoms with Gasteiger partial charge in [0.05, 0.1) is 0 Å². The monoisotopic (exact) mass is 164 g/mol. The van der Waals surface area contributed by atoms with E-state index in [0.717, 1.165) is 19.4 Å². The Morgan fingerprint density at radius 2 is 1.75 bits per heavy atom. The van der Waals surface area contributed by atoms with Crippen molar-refractivity contribution in [2.75, 3.05) is 0 Å². The summed E-state index contributed by atoms with van der Waals surface area (Å²) in [7, 11) is 0. The average Bonchev–Trinajstić information content (AvgIpc) is 2.16. The molecule has 12 heavy (non-hydrogen) atoms. The van der Waals surface area contributed by atoms with Crippen LogP contribution in [0.25, 0.3) is 0 Å². The van der Waals surface area contributed by atoms with Crippen molar-refractivity contribution in [3.63, 3.8) is 0 Å². The molecule has 1 heterocycles. The summed E-state index contributed by atoms with van der Waals surface area (Å²) in [6.45, 7) is 7.67. The molecular formula is C11H18N+. The maximum Gasteiger partial charge on any atom is 0.172 e. The van der Waals surface area contributed by atoms with Gasteiger partial charge >= 0.3 is 0 Å². The van der Waals surface area contributed by atoms with Crippen molar-refractivity contribution in [2.24, 2.45) is 0 Å². The lowest BCUT2D eigenvalue weighted by Crippen LogP contribution is -2.32. The summed E-state index contributed by atoms with van der Waals surface area (Å²) in [5.74, 6) is 0. The van der Waals surface area contributed by atoms with Crippen LogP contribution in [-0.2, 0) is 19.4 Å². The van der Waals surface area contributed by atoms with Crippen molar-refractivity contribution >= 4 is 0 Å². The molecule has 0 bridgehead atoms. The molecule has 0 saturated carbocycles. The minimum absolute atomic E-state index is 1.07. The third kappa shape index (κ3) is 1.84. The van der Waals surface area contributed by atoms with Crippen molar-refractivity contribution in [1.82, 2.24) is 0 Å². The van der Waals surface area contributed by atoms with Crippen LogP contribution in [0.2, 0.25) is 0 Å². The summed E-state index contributed by atoms with van der Waals surface area (Å²) in [6.07, 6.45) is 6.72. The Bertz CT molecular complexity index is 253. The SMILES string of the molecule is CCc1cc[n+](CC)cc1CC. The van der Waals surface area contributed by atoms with Crippen LogP contribution < -0.4 is 4.57 Å². The molecule has 0 atom stereocenters. The van der Waals surface area contributed by atoms with Gasteiger partial charge in [-0.05, 0) is 25.3 Å². The van der Waals surface area contributed by atoms with Crippen molar-refractivity contribution in [3.05, 3.63) is 29.6 Å². The van der Waals surface area contributed by atoms with Gasteiger partial charge in [0.25, 0.3) is 0 Å². The van der Waals surface area contributed by atoms with Crippen molar-refractivity contribution in [2.45, 2.75) is 40.2 Å². The van der Waals surface area contributed by atoms with Gasteiger partial charge in [-0.25, -0.2) is 4.57 Å². The molecule has 0 aliphatic rings. The summed E-state index contributed by atoms with van der Waals surface area (Å²) in [4.78, 5) is 0. The lowest BCUT2D eigenvalue weighted by molar-refractivity contribution is -0.694. The minimum atomic E-state index is 1.07. The highest BCUT2D eigenvalue weighted by Gasteiger charge is 2.03. The van der Waals surface area contributed by atoms with Crippen LogP contribution in [0.15, 0.2) is 18.5 Å². The number of hydrogen-bond acceptors (Lipinski definition) is 0. The Balaban J connectivity index is 3.02. The first-order chi connectivity index (χ1) is 5.81. The van der Waals surface area contributed by atoms with E-state index in [1.807, 2.05) is 0 Å². The highest BCUT2D eigenvalue weighted by Crippen LogP contribution is 2.06. The molecule has 1 aromatic rings. The maximum absolute atomic E-state index is 2.26. The molecule has 0 aliphatic heterocycles. The zero-order valence-corrected chi connectivity index (χ0v) is 8.30. The highest BCUT2D eigenvalue weighted by atomic mass is 14.9. The van der Waals surface area contributed by atoms with Crippen LogP contribution >= 0.6 is 0 Å². The fraction of sp³-hybridized carbons (Fsp3) is 0.545. The Morgan fingerprint density at radius 3 is 2.25 bits per heavy atom. The van der Waals surface area contributed by atoms with Crippen molar-refractivity contribution in [3.8, 4) is 0 Å². The molecule has 1 rings (SSSR count). The number of aryl methyl sites for hydroxylation is 3. The van der Waals surface area contributed by atoms with E-state index in [9.17, 15) is 0 Å². The summed E-state index contributed by atoms with van der Waals surface area (Å²) in [6, 6.07) is 2.24. The second-order valence-corrected chi connectivity index (χ2v) is 3.03. The second-order valence-electron chi connectivity index (χ2n) is 3.03. The number of pyridine rings is 1. The van der Waals surface area contributed by atoms with Crippen LogP contribution in [0.4, 0.5) is 0 Å². The van der Waals surface area contributed by atoms with Gasteiger partial charge in [0.1, 0.15) is 6.54 Å². The largest absolute Gasteiger partial charge is 0.205 e. The fourth-order valence-corrected chi connectivity index (χ4v) is 1.48. The van der Waals surface area contributed by atoms with Gasteiger partial charge < -0.3 is 0 Å². The molecule has 1 aromatic heterocycles. The third-order valence-electron chi connectivity index (χ3n) is 2.33. The number of rotatable bonds is 3. The summed E-state index contributed by atoms with van der Waals surface area (Å²) in [5.41, 5.74) is 2.98. The molecule has 1 heteroatoms. The van der Waals surface area contributed by atoms with E-state index in [4.69, 9.17) is 0 Å². The van der Waals surface area contributed by atoms with E-state index < -0.39 is 0 Å². The van der Waals surface area contributed by atoms with Gasteiger partial charge in [0.2, 0.25) is 0 Å². The van der Waals surface area contributed by atoms with Gasteiger partial charge in [-0.1, -0.05) is 13.8 Å². The van der Waals surface area contributed by atoms with E-state index in [0.29, 0.717) is 0 Å². The molecule has 66 valence electrons. The minimum Gasteiger partial charge on any atom is -0.205 e.